The van der Waals surface area contributed by atoms with E-state index in [-0.39, 0.29) is 22.9 Å². The normalized spacial score (nSPS) is 37.9. The first kappa shape index (κ1) is 30.9. The molecule has 0 aromatic carbocycles. The van der Waals surface area contributed by atoms with E-state index < -0.39 is 0 Å². The predicted molar refractivity (Wildman–Crippen MR) is 166 cm³/mol. The van der Waals surface area contributed by atoms with E-state index in [1.165, 1.54) is 76.2 Å². The highest BCUT2D eigenvalue weighted by Crippen LogP contribution is 2.72. The van der Waals surface area contributed by atoms with E-state index in [1.54, 1.807) is 0 Å². The molecule has 0 aromatic rings. The second kappa shape index (κ2) is 11.7. The lowest BCUT2D eigenvalue weighted by Gasteiger charge is -2.62. The van der Waals surface area contributed by atoms with Crippen LogP contribution in [0.5, 0.6) is 0 Å². The molecule has 4 aliphatic rings. The molecule has 0 heterocycles. The summed E-state index contributed by atoms with van der Waals surface area (Å²) in [5.41, 5.74) is 6.25. The van der Waals surface area contributed by atoms with Gasteiger partial charge >= 0.3 is 5.97 Å². The summed E-state index contributed by atoms with van der Waals surface area (Å²) in [6.45, 7) is 22.0. The van der Waals surface area contributed by atoms with Gasteiger partial charge in [0.15, 0.2) is 0 Å². The summed E-state index contributed by atoms with van der Waals surface area (Å²) in [6.07, 6.45) is 20.4. The first-order chi connectivity index (χ1) is 18.3. The SMILES string of the molecule is CCCCCCC(=O)OC1CC[C@]2(C)C3=C(CCC2C1(C)C)[C@]1(C)CC[C@H]([C@H](C)CCC=C(C)C)[C@]1(C)CC3. The molecule has 7 atom stereocenters. The molecule has 0 aliphatic heterocycles. The van der Waals surface area contributed by atoms with Gasteiger partial charge in [0.1, 0.15) is 6.10 Å². The minimum atomic E-state index is 0.0317. The maximum Gasteiger partial charge on any atom is 0.306 e. The number of carbonyl (C=O) groups is 1. The molecule has 0 bridgehead atoms. The molecule has 2 unspecified atom stereocenters. The van der Waals surface area contributed by atoms with Gasteiger partial charge in [-0.15, -0.1) is 0 Å². The Morgan fingerprint density at radius 2 is 1.69 bits per heavy atom. The third kappa shape index (κ3) is 5.46. The molecule has 2 heteroatoms. The zero-order valence-corrected chi connectivity index (χ0v) is 27.3. The molecule has 4 aliphatic carbocycles. The number of hydrogen-bond acceptors (Lipinski definition) is 2. The van der Waals surface area contributed by atoms with Crippen molar-refractivity contribution in [2.24, 2.45) is 39.4 Å². The Balaban J connectivity index is 1.52. The maximum atomic E-state index is 12.8. The van der Waals surface area contributed by atoms with Crippen LogP contribution in [0.2, 0.25) is 0 Å². The van der Waals surface area contributed by atoms with Crippen molar-refractivity contribution in [1.29, 1.82) is 0 Å². The van der Waals surface area contributed by atoms with E-state index in [4.69, 9.17) is 4.74 Å². The average molecular weight is 539 g/mol. The van der Waals surface area contributed by atoms with Crippen molar-refractivity contribution in [2.75, 3.05) is 0 Å². The Morgan fingerprint density at radius 3 is 2.38 bits per heavy atom. The van der Waals surface area contributed by atoms with Gasteiger partial charge in [0.05, 0.1) is 0 Å². The van der Waals surface area contributed by atoms with Crippen LogP contribution in [0.3, 0.4) is 0 Å². The lowest BCUT2D eigenvalue weighted by molar-refractivity contribution is -0.170. The minimum absolute atomic E-state index is 0.0317. The summed E-state index contributed by atoms with van der Waals surface area (Å²) < 4.78 is 6.25. The van der Waals surface area contributed by atoms with Crippen molar-refractivity contribution in [3.63, 3.8) is 0 Å². The fraction of sp³-hybridized carbons (Fsp3) is 0.865. The van der Waals surface area contributed by atoms with E-state index in [0.29, 0.717) is 23.2 Å². The fourth-order valence-corrected chi connectivity index (χ4v) is 10.6. The van der Waals surface area contributed by atoms with E-state index in [1.807, 2.05) is 11.1 Å². The van der Waals surface area contributed by atoms with Crippen LogP contribution in [0.15, 0.2) is 22.8 Å². The van der Waals surface area contributed by atoms with Crippen LogP contribution >= 0.6 is 0 Å². The van der Waals surface area contributed by atoms with Gasteiger partial charge < -0.3 is 4.74 Å². The van der Waals surface area contributed by atoms with Gasteiger partial charge in [-0.1, -0.05) is 90.5 Å². The highest BCUT2D eigenvalue weighted by molar-refractivity contribution is 5.69. The molecule has 39 heavy (non-hydrogen) atoms. The highest BCUT2D eigenvalue weighted by atomic mass is 16.5. The average Bonchev–Trinajstić information content (AvgIpc) is 3.15. The van der Waals surface area contributed by atoms with Crippen LogP contribution in [0, 0.1) is 39.4 Å². The third-order valence-corrected chi connectivity index (χ3v) is 13.1. The molecule has 0 amide bonds. The van der Waals surface area contributed by atoms with Crippen molar-refractivity contribution < 1.29 is 9.53 Å². The summed E-state index contributed by atoms with van der Waals surface area (Å²) in [4.78, 5) is 12.8. The van der Waals surface area contributed by atoms with E-state index >= 15 is 0 Å². The molecule has 4 rings (SSSR count). The van der Waals surface area contributed by atoms with E-state index in [2.05, 4.69) is 68.4 Å². The molecule has 2 saturated carbocycles. The van der Waals surface area contributed by atoms with Gasteiger partial charge in [0.25, 0.3) is 0 Å². The van der Waals surface area contributed by atoms with Crippen molar-refractivity contribution in [1.82, 2.24) is 0 Å². The molecule has 0 aromatic heterocycles. The Hall–Kier alpha value is -1.05. The van der Waals surface area contributed by atoms with Gasteiger partial charge in [-0.3, -0.25) is 4.79 Å². The third-order valence-electron chi connectivity index (χ3n) is 13.1. The molecular weight excluding hydrogens is 476 g/mol. The molecule has 0 radical (unpaired) electrons. The van der Waals surface area contributed by atoms with E-state index in [0.717, 1.165) is 31.1 Å². The van der Waals surface area contributed by atoms with Gasteiger partial charge in [-0.05, 0) is 118 Å². The molecule has 222 valence electrons. The second-order valence-electron chi connectivity index (χ2n) is 15.8. The first-order valence-corrected chi connectivity index (χ1v) is 16.9. The van der Waals surface area contributed by atoms with Crippen LogP contribution in [0.4, 0.5) is 0 Å². The maximum absolute atomic E-state index is 12.8. The summed E-state index contributed by atoms with van der Waals surface area (Å²) in [6, 6.07) is 0. The zero-order chi connectivity index (χ0) is 28.6. The number of hydrogen-bond donors (Lipinski definition) is 0. The Morgan fingerprint density at radius 1 is 0.949 bits per heavy atom. The monoisotopic (exact) mass is 538 g/mol. The number of unbranched alkanes of at least 4 members (excludes halogenated alkanes) is 3. The van der Waals surface area contributed by atoms with Gasteiger partial charge in [-0.2, -0.15) is 0 Å². The molecular formula is C37H62O2. The van der Waals surface area contributed by atoms with Crippen LogP contribution in [0.1, 0.15) is 159 Å². The zero-order valence-electron chi connectivity index (χ0n) is 27.3. The Bertz CT molecular complexity index is 950. The number of esters is 1. The summed E-state index contributed by atoms with van der Waals surface area (Å²) in [5, 5.41) is 0. The van der Waals surface area contributed by atoms with Gasteiger partial charge in [0, 0.05) is 11.8 Å². The fourth-order valence-electron chi connectivity index (χ4n) is 10.6. The largest absolute Gasteiger partial charge is 0.462 e. The van der Waals surface area contributed by atoms with Gasteiger partial charge in [-0.25, -0.2) is 0 Å². The molecule has 2 nitrogen and oxygen atoms in total. The molecule has 0 N–H and O–H groups in total. The summed E-state index contributed by atoms with van der Waals surface area (Å²) in [5.74, 6) is 2.28. The number of carbonyl (C=O) groups excluding carboxylic acids is 1. The lowest BCUT2D eigenvalue weighted by atomic mass is 9.43. The standard InChI is InChI=1S/C37H62O2/c1-10-11-12-13-17-33(38)39-32-22-23-35(7)29-21-25-36(8)28(27(4)16-14-15-26(2)3)20-24-37(36,9)30(29)18-19-31(35)34(32,5)6/h15,27-28,31-32H,10-14,16-25H2,1-9H3/t27-,28-,31?,32?,35-,36+,37+/m1/s1. The summed E-state index contributed by atoms with van der Waals surface area (Å²) in [7, 11) is 0. The Kier molecular flexibility index (Phi) is 9.25. The van der Waals surface area contributed by atoms with Crippen molar-refractivity contribution in [2.45, 2.75) is 165 Å². The van der Waals surface area contributed by atoms with Crippen molar-refractivity contribution in [3.8, 4) is 0 Å². The highest BCUT2D eigenvalue weighted by Gasteiger charge is 2.63. The summed E-state index contributed by atoms with van der Waals surface area (Å²) >= 11 is 0. The number of ether oxygens (including phenoxy) is 1. The van der Waals surface area contributed by atoms with Crippen LogP contribution in [0.25, 0.3) is 0 Å². The molecule has 2 fully saturated rings. The number of fused-ring (bicyclic) bond motifs is 4. The Labute approximate surface area is 242 Å². The van der Waals surface area contributed by atoms with Crippen LogP contribution in [-0.2, 0) is 9.53 Å². The number of rotatable bonds is 10. The predicted octanol–water partition coefficient (Wildman–Crippen LogP) is 11.0. The lowest BCUT2D eigenvalue weighted by Crippen LogP contribution is -2.55. The number of allylic oxidation sites excluding steroid dienone is 4. The van der Waals surface area contributed by atoms with Crippen LogP contribution < -0.4 is 0 Å². The first-order valence-electron chi connectivity index (χ1n) is 16.9. The topological polar surface area (TPSA) is 26.3 Å². The smallest absolute Gasteiger partial charge is 0.306 e. The minimum Gasteiger partial charge on any atom is -0.462 e. The molecule has 0 saturated heterocycles. The second-order valence-corrected chi connectivity index (χ2v) is 15.8. The van der Waals surface area contributed by atoms with Gasteiger partial charge in [0.2, 0.25) is 0 Å². The quantitative estimate of drug-likeness (QED) is 0.157. The van der Waals surface area contributed by atoms with Crippen molar-refractivity contribution in [3.05, 3.63) is 22.8 Å². The van der Waals surface area contributed by atoms with Crippen LogP contribution in [-0.4, -0.2) is 12.1 Å². The van der Waals surface area contributed by atoms with Crippen molar-refractivity contribution >= 4 is 5.97 Å². The van der Waals surface area contributed by atoms with E-state index in [9.17, 15) is 4.79 Å². The molecule has 0 spiro atoms.